The second kappa shape index (κ2) is 5.46. The number of benzene rings is 1. The molecule has 0 bridgehead atoms. The standard InChI is InChI=1S/C11H11NO5.Re/c1-6-2-3-9(12(15)16)8-4-7(11(13)14)5-17-10(6)8;/h2-3,7H,4-5H2,1H3,(H,13,14);. The van der Waals surface area contributed by atoms with Crippen LogP contribution in [0.2, 0.25) is 0 Å². The van der Waals surface area contributed by atoms with Crippen LogP contribution in [0.5, 0.6) is 5.75 Å². The van der Waals surface area contributed by atoms with Crippen molar-refractivity contribution in [1.82, 2.24) is 0 Å². The van der Waals surface area contributed by atoms with Crippen molar-refractivity contribution in [3.8, 4) is 5.75 Å². The minimum atomic E-state index is -0.994. The molecular formula is C11H11NO5Re. The van der Waals surface area contributed by atoms with Crippen LogP contribution in [0.4, 0.5) is 5.69 Å². The number of nitro groups is 1. The van der Waals surface area contributed by atoms with Crippen LogP contribution in [-0.4, -0.2) is 22.6 Å². The van der Waals surface area contributed by atoms with Gasteiger partial charge in [-0.05, 0) is 25.0 Å². The summed E-state index contributed by atoms with van der Waals surface area (Å²) in [4.78, 5) is 21.2. The Hall–Kier alpha value is -1.45. The summed E-state index contributed by atoms with van der Waals surface area (Å²) in [6, 6.07) is 3.00. The summed E-state index contributed by atoms with van der Waals surface area (Å²) in [5.41, 5.74) is 1.10. The van der Waals surface area contributed by atoms with E-state index in [0.29, 0.717) is 11.3 Å². The first-order valence-corrected chi connectivity index (χ1v) is 5.13. The number of rotatable bonds is 2. The van der Waals surface area contributed by atoms with Gasteiger partial charge in [0.2, 0.25) is 0 Å². The van der Waals surface area contributed by atoms with Crippen molar-refractivity contribution >= 4 is 11.7 Å². The van der Waals surface area contributed by atoms with E-state index in [1.165, 1.54) is 6.07 Å². The van der Waals surface area contributed by atoms with Crippen molar-refractivity contribution < 1.29 is 40.0 Å². The molecule has 0 spiro atoms. The molecule has 1 aliphatic heterocycles. The van der Waals surface area contributed by atoms with E-state index in [4.69, 9.17) is 9.84 Å². The molecule has 0 fully saturated rings. The number of aliphatic carboxylic acids is 1. The molecule has 97 valence electrons. The summed E-state index contributed by atoms with van der Waals surface area (Å²) in [6.45, 7) is 1.84. The Bertz CT molecular complexity index is 502. The SMILES string of the molecule is Cc1ccc([N+](=O)[O-])c2c1OCC(C(=O)O)C2.[Re]. The fourth-order valence-corrected chi connectivity index (χ4v) is 1.95. The van der Waals surface area contributed by atoms with Gasteiger partial charge in [-0.2, -0.15) is 0 Å². The van der Waals surface area contributed by atoms with Gasteiger partial charge in [0.05, 0.1) is 16.4 Å². The molecule has 1 aromatic rings. The van der Waals surface area contributed by atoms with E-state index < -0.39 is 16.8 Å². The van der Waals surface area contributed by atoms with Gasteiger partial charge in [0.15, 0.2) is 0 Å². The summed E-state index contributed by atoms with van der Waals surface area (Å²) in [7, 11) is 0. The van der Waals surface area contributed by atoms with Gasteiger partial charge in [0.25, 0.3) is 5.69 Å². The zero-order chi connectivity index (χ0) is 12.6. The largest absolute Gasteiger partial charge is 0.492 e. The monoisotopic (exact) mass is 424 g/mol. The van der Waals surface area contributed by atoms with Crippen molar-refractivity contribution in [2.45, 2.75) is 13.3 Å². The maximum atomic E-state index is 10.9. The van der Waals surface area contributed by atoms with Crippen LogP contribution in [0.1, 0.15) is 11.1 Å². The number of carboxylic acid groups (broad SMARTS) is 1. The quantitative estimate of drug-likeness (QED) is 0.576. The Kier molecular flexibility index (Phi) is 4.44. The molecule has 1 N–H and O–H groups in total. The van der Waals surface area contributed by atoms with Gasteiger partial charge in [-0.3, -0.25) is 14.9 Å². The molecule has 18 heavy (non-hydrogen) atoms. The number of carboxylic acids is 1. The Morgan fingerprint density at radius 1 is 1.56 bits per heavy atom. The molecule has 0 saturated heterocycles. The Balaban J connectivity index is 0.00000162. The van der Waals surface area contributed by atoms with E-state index in [-0.39, 0.29) is 39.1 Å². The molecule has 1 heterocycles. The fraction of sp³-hybridized carbons (Fsp3) is 0.364. The number of fused-ring (bicyclic) bond motifs is 1. The normalized spacial score (nSPS) is 17.1. The molecule has 1 unspecified atom stereocenters. The minimum absolute atomic E-state index is 0. The van der Waals surface area contributed by atoms with Crippen LogP contribution in [0.25, 0.3) is 0 Å². The predicted molar refractivity (Wildman–Crippen MR) is 58.2 cm³/mol. The average molecular weight is 423 g/mol. The van der Waals surface area contributed by atoms with Gasteiger partial charge in [0.1, 0.15) is 12.4 Å². The summed E-state index contributed by atoms with van der Waals surface area (Å²) < 4.78 is 5.33. The van der Waals surface area contributed by atoms with Crippen LogP contribution < -0.4 is 4.74 Å². The van der Waals surface area contributed by atoms with Crippen LogP contribution in [0.15, 0.2) is 12.1 Å². The molecule has 1 radical (unpaired) electrons. The Morgan fingerprint density at radius 2 is 2.22 bits per heavy atom. The number of aryl methyl sites for hydroxylation is 1. The van der Waals surface area contributed by atoms with E-state index in [9.17, 15) is 14.9 Å². The van der Waals surface area contributed by atoms with Gasteiger partial charge < -0.3 is 9.84 Å². The third kappa shape index (κ3) is 2.52. The van der Waals surface area contributed by atoms with Crippen molar-refractivity contribution in [3.63, 3.8) is 0 Å². The zero-order valence-corrected chi connectivity index (χ0v) is 12.3. The van der Waals surface area contributed by atoms with E-state index in [0.717, 1.165) is 5.56 Å². The maximum Gasteiger partial charge on any atom is 0.310 e. The average Bonchev–Trinajstić information content (AvgIpc) is 2.28. The first-order chi connectivity index (χ1) is 8.00. The molecule has 2 rings (SSSR count). The van der Waals surface area contributed by atoms with Gasteiger partial charge in [-0.25, -0.2) is 0 Å². The van der Waals surface area contributed by atoms with Gasteiger partial charge in [-0.15, -0.1) is 0 Å². The molecule has 0 amide bonds. The maximum absolute atomic E-state index is 10.9. The van der Waals surface area contributed by atoms with Crippen molar-refractivity contribution in [1.29, 1.82) is 0 Å². The zero-order valence-electron chi connectivity index (χ0n) is 9.55. The van der Waals surface area contributed by atoms with E-state index >= 15 is 0 Å². The second-order valence-corrected chi connectivity index (χ2v) is 4.02. The van der Waals surface area contributed by atoms with Crippen LogP contribution >= 0.6 is 0 Å². The number of hydrogen-bond acceptors (Lipinski definition) is 4. The van der Waals surface area contributed by atoms with E-state index in [2.05, 4.69) is 0 Å². The molecule has 0 saturated carbocycles. The first kappa shape index (κ1) is 14.6. The third-order valence-electron chi connectivity index (χ3n) is 2.86. The van der Waals surface area contributed by atoms with E-state index in [1.54, 1.807) is 13.0 Å². The molecular weight excluding hydrogens is 412 g/mol. The third-order valence-corrected chi connectivity index (χ3v) is 2.86. The van der Waals surface area contributed by atoms with Gasteiger partial charge >= 0.3 is 5.97 Å². The predicted octanol–water partition coefficient (Wildman–Crippen LogP) is 1.54. The summed E-state index contributed by atoms with van der Waals surface area (Å²) in [5.74, 6) is -1.26. The van der Waals surface area contributed by atoms with Crippen molar-refractivity contribution in [2.24, 2.45) is 5.92 Å². The number of carbonyl (C=O) groups is 1. The Labute approximate surface area is 117 Å². The molecule has 6 nitrogen and oxygen atoms in total. The van der Waals surface area contributed by atoms with Gasteiger partial charge in [0, 0.05) is 26.5 Å². The van der Waals surface area contributed by atoms with E-state index in [1.807, 2.05) is 0 Å². The second-order valence-electron chi connectivity index (χ2n) is 4.02. The number of ether oxygens (including phenoxy) is 1. The fourth-order valence-electron chi connectivity index (χ4n) is 1.95. The number of hydrogen-bond donors (Lipinski definition) is 1. The summed E-state index contributed by atoms with van der Waals surface area (Å²) in [5, 5.41) is 19.8. The molecule has 1 aliphatic rings. The Morgan fingerprint density at radius 3 is 2.78 bits per heavy atom. The van der Waals surface area contributed by atoms with Crippen LogP contribution in [-0.2, 0) is 31.6 Å². The van der Waals surface area contributed by atoms with Crippen molar-refractivity contribution in [3.05, 3.63) is 33.4 Å². The minimum Gasteiger partial charge on any atom is -0.492 e. The number of nitrogens with zero attached hydrogens (tertiary/aromatic N) is 1. The molecule has 0 aromatic heterocycles. The topological polar surface area (TPSA) is 89.7 Å². The van der Waals surface area contributed by atoms with Gasteiger partial charge in [-0.1, -0.05) is 0 Å². The van der Waals surface area contributed by atoms with Crippen LogP contribution in [0.3, 0.4) is 0 Å². The first-order valence-electron chi connectivity index (χ1n) is 5.13. The molecule has 0 aliphatic carbocycles. The molecule has 7 heteroatoms. The van der Waals surface area contributed by atoms with Crippen molar-refractivity contribution in [2.75, 3.05) is 6.61 Å². The molecule has 1 atom stereocenters. The van der Waals surface area contributed by atoms with Crippen LogP contribution in [0, 0.1) is 23.0 Å². The molecule has 1 aromatic carbocycles. The number of nitro benzene ring substituents is 1. The smallest absolute Gasteiger partial charge is 0.310 e. The summed E-state index contributed by atoms with van der Waals surface area (Å²) >= 11 is 0. The summed E-state index contributed by atoms with van der Waals surface area (Å²) in [6.07, 6.45) is 0.142.